The molecule has 3 heteroatoms. The van der Waals surface area contributed by atoms with E-state index in [1.54, 1.807) is 0 Å². The summed E-state index contributed by atoms with van der Waals surface area (Å²) in [6, 6.07) is 5.75. The summed E-state index contributed by atoms with van der Waals surface area (Å²) in [6.45, 7) is 4.48. The molecule has 17 heavy (non-hydrogen) atoms. The molecule has 1 heterocycles. The largest absolute Gasteiger partial charge is 0.454 e. The molecular formula is C14H18O3. The molecule has 1 unspecified atom stereocenters. The van der Waals surface area contributed by atoms with Crippen LogP contribution in [0.5, 0.6) is 11.5 Å². The molecule has 0 aliphatic carbocycles. The Morgan fingerprint density at radius 2 is 2.06 bits per heavy atom. The van der Waals surface area contributed by atoms with Gasteiger partial charge >= 0.3 is 0 Å². The molecule has 0 fully saturated rings. The van der Waals surface area contributed by atoms with E-state index in [4.69, 9.17) is 9.47 Å². The average molecular weight is 234 g/mol. The lowest BCUT2D eigenvalue weighted by atomic mass is 10.0. The van der Waals surface area contributed by atoms with E-state index in [2.05, 4.69) is 13.8 Å². The van der Waals surface area contributed by atoms with Crippen LogP contribution in [0.1, 0.15) is 25.8 Å². The Balaban J connectivity index is 2.01. The molecule has 92 valence electrons. The van der Waals surface area contributed by atoms with Crippen molar-refractivity contribution in [1.29, 1.82) is 0 Å². The second-order valence-corrected chi connectivity index (χ2v) is 4.67. The van der Waals surface area contributed by atoms with Crippen molar-refractivity contribution in [3.8, 4) is 11.5 Å². The number of ether oxygens (including phenoxy) is 2. The smallest absolute Gasteiger partial charge is 0.231 e. The van der Waals surface area contributed by atoms with Crippen LogP contribution in [-0.4, -0.2) is 18.0 Å². The number of fused-ring (bicyclic) bond motifs is 1. The highest BCUT2D eigenvalue weighted by molar-refractivity contribution is 5.56. The highest BCUT2D eigenvalue weighted by Crippen LogP contribution is 2.32. The third-order valence-electron chi connectivity index (χ3n) is 2.62. The van der Waals surface area contributed by atoms with Crippen molar-refractivity contribution in [2.45, 2.75) is 26.4 Å². The number of hydrogen-bond donors (Lipinski definition) is 1. The molecule has 1 N–H and O–H groups in total. The molecule has 0 amide bonds. The second kappa shape index (κ2) is 5.23. The standard InChI is InChI=1S/C14H18O3/c1-10(2)7-12(15)5-3-11-4-6-13-14(8-11)17-9-16-13/h3-6,8,10,12,15H,7,9H2,1-2H3. The van der Waals surface area contributed by atoms with Gasteiger partial charge in [-0.25, -0.2) is 0 Å². The van der Waals surface area contributed by atoms with Gasteiger partial charge in [-0.15, -0.1) is 0 Å². The van der Waals surface area contributed by atoms with Gasteiger partial charge in [0.05, 0.1) is 6.10 Å². The van der Waals surface area contributed by atoms with Crippen LogP contribution < -0.4 is 9.47 Å². The third-order valence-corrected chi connectivity index (χ3v) is 2.62. The van der Waals surface area contributed by atoms with E-state index >= 15 is 0 Å². The van der Waals surface area contributed by atoms with Crippen molar-refractivity contribution in [3.63, 3.8) is 0 Å². The predicted octanol–water partition coefficient (Wildman–Crippen LogP) is 2.84. The van der Waals surface area contributed by atoms with Crippen molar-refractivity contribution in [2.75, 3.05) is 6.79 Å². The maximum atomic E-state index is 9.73. The van der Waals surface area contributed by atoms with Gasteiger partial charge < -0.3 is 14.6 Å². The van der Waals surface area contributed by atoms with E-state index in [0.29, 0.717) is 12.7 Å². The first-order chi connectivity index (χ1) is 8.15. The molecule has 0 saturated heterocycles. The average Bonchev–Trinajstić information content (AvgIpc) is 2.72. The summed E-state index contributed by atoms with van der Waals surface area (Å²) in [4.78, 5) is 0. The van der Waals surface area contributed by atoms with Crippen LogP contribution >= 0.6 is 0 Å². The van der Waals surface area contributed by atoms with Crippen LogP contribution in [0.3, 0.4) is 0 Å². The van der Waals surface area contributed by atoms with E-state index in [0.717, 1.165) is 23.5 Å². The molecule has 1 aliphatic heterocycles. The summed E-state index contributed by atoms with van der Waals surface area (Å²) in [7, 11) is 0. The van der Waals surface area contributed by atoms with Gasteiger partial charge in [0.2, 0.25) is 6.79 Å². The summed E-state index contributed by atoms with van der Waals surface area (Å²) >= 11 is 0. The molecule has 1 aliphatic rings. The number of benzene rings is 1. The van der Waals surface area contributed by atoms with E-state index in [1.807, 2.05) is 30.4 Å². The molecular weight excluding hydrogens is 216 g/mol. The monoisotopic (exact) mass is 234 g/mol. The van der Waals surface area contributed by atoms with Gasteiger partial charge in [-0.3, -0.25) is 0 Å². The predicted molar refractivity (Wildman–Crippen MR) is 67.1 cm³/mol. The second-order valence-electron chi connectivity index (χ2n) is 4.67. The maximum absolute atomic E-state index is 9.73. The number of rotatable bonds is 4. The van der Waals surface area contributed by atoms with Crippen molar-refractivity contribution in [3.05, 3.63) is 29.8 Å². The highest BCUT2D eigenvalue weighted by Gasteiger charge is 2.12. The molecule has 0 saturated carbocycles. The van der Waals surface area contributed by atoms with E-state index in [1.165, 1.54) is 0 Å². The van der Waals surface area contributed by atoms with Crippen LogP contribution in [0.4, 0.5) is 0 Å². The van der Waals surface area contributed by atoms with Gasteiger partial charge in [0.25, 0.3) is 0 Å². The van der Waals surface area contributed by atoms with Gasteiger partial charge in [-0.2, -0.15) is 0 Å². The van der Waals surface area contributed by atoms with E-state index < -0.39 is 0 Å². The van der Waals surface area contributed by atoms with Crippen molar-refractivity contribution in [2.24, 2.45) is 5.92 Å². The Hall–Kier alpha value is -1.48. The number of hydrogen-bond acceptors (Lipinski definition) is 3. The van der Waals surface area contributed by atoms with Crippen molar-refractivity contribution >= 4 is 6.08 Å². The molecule has 1 aromatic carbocycles. The quantitative estimate of drug-likeness (QED) is 0.870. The Labute approximate surface area is 102 Å². The molecule has 2 rings (SSSR count). The van der Waals surface area contributed by atoms with Crippen molar-refractivity contribution < 1.29 is 14.6 Å². The molecule has 1 atom stereocenters. The lowest BCUT2D eigenvalue weighted by Crippen LogP contribution is -2.05. The van der Waals surface area contributed by atoms with Gasteiger partial charge in [0.15, 0.2) is 11.5 Å². The zero-order chi connectivity index (χ0) is 12.3. The summed E-state index contributed by atoms with van der Waals surface area (Å²) < 4.78 is 10.5. The molecule has 0 spiro atoms. The maximum Gasteiger partial charge on any atom is 0.231 e. The number of aliphatic hydroxyl groups is 1. The van der Waals surface area contributed by atoms with Crippen LogP contribution in [0, 0.1) is 5.92 Å². The van der Waals surface area contributed by atoms with Crippen molar-refractivity contribution in [1.82, 2.24) is 0 Å². The SMILES string of the molecule is CC(C)CC(O)C=Cc1ccc2c(c1)OCO2. The van der Waals surface area contributed by atoms with Gasteiger partial charge in [-0.1, -0.05) is 32.1 Å². The summed E-state index contributed by atoms with van der Waals surface area (Å²) in [5.74, 6) is 2.04. The molecule has 1 aromatic rings. The van der Waals surface area contributed by atoms with Crippen LogP contribution in [0.2, 0.25) is 0 Å². The Bertz CT molecular complexity index is 410. The van der Waals surface area contributed by atoms with Gasteiger partial charge in [0, 0.05) is 0 Å². The first kappa shape index (κ1) is 12.0. The van der Waals surface area contributed by atoms with Gasteiger partial charge in [0.1, 0.15) is 0 Å². The highest BCUT2D eigenvalue weighted by atomic mass is 16.7. The fourth-order valence-electron chi connectivity index (χ4n) is 1.80. The molecule has 0 radical (unpaired) electrons. The minimum atomic E-state index is -0.388. The topological polar surface area (TPSA) is 38.7 Å². The first-order valence-corrected chi connectivity index (χ1v) is 5.91. The van der Waals surface area contributed by atoms with Crippen LogP contribution in [0.25, 0.3) is 6.08 Å². The lowest BCUT2D eigenvalue weighted by molar-refractivity contribution is 0.174. The summed E-state index contributed by atoms with van der Waals surface area (Å²) in [5, 5.41) is 9.73. The fourth-order valence-corrected chi connectivity index (χ4v) is 1.80. The summed E-state index contributed by atoms with van der Waals surface area (Å²) in [5.41, 5.74) is 1.01. The zero-order valence-corrected chi connectivity index (χ0v) is 10.2. The first-order valence-electron chi connectivity index (χ1n) is 5.91. The van der Waals surface area contributed by atoms with Crippen LogP contribution in [0.15, 0.2) is 24.3 Å². The van der Waals surface area contributed by atoms with Gasteiger partial charge in [-0.05, 0) is 30.0 Å². The molecule has 0 aromatic heterocycles. The van der Waals surface area contributed by atoms with E-state index in [-0.39, 0.29) is 6.10 Å². The zero-order valence-electron chi connectivity index (χ0n) is 10.2. The minimum Gasteiger partial charge on any atom is -0.454 e. The Morgan fingerprint density at radius 3 is 2.82 bits per heavy atom. The van der Waals surface area contributed by atoms with E-state index in [9.17, 15) is 5.11 Å². The lowest BCUT2D eigenvalue weighted by Gasteiger charge is -2.07. The summed E-state index contributed by atoms with van der Waals surface area (Å²) in [6.07, 6.45) is 4.12. The van der Waals surface area contributed by atoms with Crippen LogP contribution in [-0.2, 0) is 0 Å². The minimum absolute atomic E-state index is 0.290. The Morgan fingerprint density at radius 1 is 1.29 bits per heavy atom. The Kier molecular flexibility index (Phi) is 3.69. The number of aliphatic hydroxyl groups excluding tert-OH is 1. The third kappa shape index (κ3) is 3.24. The normalized spacial score (nSPS) is 15.8. The molecule has 0 bridgehead atoms. The molecule has 3 nitrogen and oxygen atoms in total. The fraction of sp³-hybridized carbons (Fsp3) is 0.429.